The Morgan fingerprint density at radius 2 is 2.17 bits per heavy atom. The highest BCUT2D eigenvalue weighted by molar-refractivity contribution is 9.10. The van der Waals surface area contributed by atoms with Crippen LogP contribution in [-0.2, 0) is 4.74 Å². The number of hydrogen-bond donors (Lipinski definition) is 0. The van der Waals surface area contributed by atoms with Crippen molar-refractivity contribution in [3.05, 3.63) is 28.2 Å². The average Bonchev–Trinajstić information content (AvgIpc) is 2.33. The molecule has 0 spiro atoms. The molecule has 0 atom stereocenters. The van der Waals surface area contributed by atoms with Crippen molar-refractivity contribution in [2.24, 2.45) is 0 Å². The van der Waals surface area contributed by atoms with Gasteiger partial charge in [-0.15, -0.1) is 0 Å². The average molecular weight is 323 g/mol. The lowest BCUT2D eigenvalue weighted by atomic mass is 10.1. The van der Waals surface area contributed by atoms with Gasteiger partial charge in [-0.25, -0.2) is 8.78 Å². The minimum Gasteiger partial charge on any atom is -0.497 e. The SMILES string of the molecule is COc1ccc(C(=O)CCOCC(F)F)c(Br)c1. The lowest BCUT2D eigenvalue weighted by molar-refractivity contribution is 0.0169. The summed E-state index contributed by atoms with van der Waals surface area (Å²) in [6.45, 7) is -0.654. The summed E-state index contributed by atoms with van der Waals surface area (Å²) in [7, 11) is 1.53. The molecule has 1 aromatic carbocycles. The van der Waals surface area contributed by atoms with Crippen molar-refractivity contribution in [1.82, 2.24) is 0 Å². The second-order valence-corrected chi connectivity index (χ2v) is 4.34. The van der Waals surface area contributed by atoms with Crippen molar-refractivity contribution >= 4 is 21.7 Å². The summed E-state index contributed by atoms with van der Waals surface area (Å²) in [6.07, 6.45) is -2.44. The van der Waals surface area contributed by atoms with Crippen molar-refractivity contribution in [2.75, 3.05) is 20.3 Å². The molecule has 0 fully saturated rings. The first-order valence-electron chi connectivity index (χ1n) is 5.27. The molecule has 3 nitrogen and oxygen atoms in total. The molecule has 0 aliphatic carbocycles. The largest absolute Gasteiger partial charge is 0.497 e. The van der Waals surface area contributed by atoms with Crippen LogP contribution in [0.1, 0.15) is 16.8 Å². The number of methoxy groups -OCH3 is 1. The van der Waals surface area contributed by atoms with Crippen LogP contribution in [0, 0.1) is 0 Å². The summed E-state index contributed by atoms with van der Waals surface area (Å²) in [5, 5.41) is 0. The second-order valence-electron chi connectivity index (χ2n) is 3.48. The third-order valence-corrected chi connectivity index (χ3v) is 2.85. The predicted molar refractivity (Wildman–Crippen MR) is 66.5 cm³/mol. The fourth-order valence-corrected chi connectivity index (χ4v) is 1.90. The van der Waals surface area contributed by atoms with Crippen molar-refractivity contribution < 1.29 is 23.0 Å². The van der Waals surface area contributed by atoms with E-state index in [9.17, 15) is 13.6 Å². The van der Waals surface area contributed by atoms with Crippen molar-refractivity contribution in [3.63, 3.8) is 0 Å². The van der Waals surface area contributed by atoms with Crippen molar-refractivity contribution in [2.45, 2.75) is 12.8 Å². The second kappa shape index (κ2) is 7.43. The van der Waals surface area contributed by atoms with Crippen LogP contribution in [0.25, 0.3) is 0 Å². The topological polar surface area (TPSA) is 35.5 Å². The summed E-state index contributed by atoms with van der Waals surface area (Å²) in [6, 6.07) is 4.96. The highest BCUT2D eigenvalue weighted by Crippen LogP contribution is 2.23. The Hall–Kier alpha value is -1.01. The number of benzene rings is 1. The Bertz CT molecular complexity index is 410. The quantitative estimate of drug-likeness (QED) is 0.570. The molecule has 0 radical (unpaired) electrons. The van der Waals surface area contributed by atoms with Crippen LogP contribution in [0.2, 0.25) is 0 Å². The van der Waals surface area contributed by atoms with Gasteiger partial charge in [-0.3, -0.25) is 4.79 Å². The van der Waals surface area contributed by atoms with Gasteiger partial charge in [0.05, 0.1) is 13.7 Å². The molecule has 18 heavy (non-hydrogen) atoms. The molecule has 0 aliphatic rings. The van der Waals surface area contributed by atoms with Gasteiger partial charge in [-0.05, 0) is 34.1 Å². The maximum Gasteiger partial charge on any atom is 0.261 e. The highest BCUT2D eigenvalue weighted by Gasteiger charge is 2.11. The fraction of sp³-hybridized carbons (Fsp3) is 0.417. The Kier molecular flexibility index (Phi) is 6.21. The molecule has 0 heterocycles. The molecule has 0 saturated carbocycles. The van der Waals surface area contributed by atoms with E-state index in [1.807, 2.05) is 0 Å². The molecule has 0 amide bonds. The van der Waals surface area contributed by atoms with Gasteiger partial charge in [0.1, 0.15) is 12.4 Å². The number of hydrogen-bond acceptors (Lipinski definition) is 3. The van der Waals surface area contributed by atoms with Gasteiger partial charge >= 0.3 is 0 Å². The third-order valence-electron chi connectivity index (χ3n) is 2.19. The number of alkyl halides is 2. The van der Waals surface area contributed by atoms with E-state index in [1.165, 1.54) is 7.11 Å². The van der Waals surface area contributed by atoms with E-state index in [-0.39, 0.29) is 18.8 Å². The van der Waals surface area contributed by atoms with Crippen LogP contribution < -0.4 is 4.74 Å². The smallest absolute Gasteiger partial charge is 0.261 e. The van der Waals surface area contributed by atoms with Gasteiger partial charge in [-0.1, -0.05) is 0 Å². The Balaban J connectivity index is 2.51. The van der Waals surface area contributed by atoms with E-state index >= 15 is 0 Å². The molecular weight excluding hydrogens is 310 g/mol. The van der Waals surface area contributed by atoms with Gasteiger partial charge in [0.2, 0.25) is 0 Å². The number of Topliss-reactive ketones (excluding diaryl/α,β-unsaturated/α-hetero) is 1. The van der Waals surface area contributed by atoms with Gasteiger partial charge in [0.15, 0.2) is 5.78 Å². The lowest BCUT2D eigenvalue weighted by Gasteiger charge is -2.06. The molecule has 0 N–H and O–H groups in total. The molecule has 100 valence electrons. The summed E-state index contributed by atoms with van der Waals surface area (Å²) in [4.78, 5) is 11.8. The summed E-state index contributed by atoms with van der Waals surface area (Å²) in [5.74, 6) is 0.464. The minimum atomic E-state index is -2.51. The van der Waals surface area contributed by atoms with Crippen LogP contribution in [0.3, 0.4) is 0 Å². The zero-order valence-corrected chi connectivity index (χ0v) is 11.4. The van der Waals surface area contributed by atoms with Gasteiger partial charge in [-0.2, -0.15) is 0 Å². The molecule has 0 aromatic heterocycles. The van der Waals surface area contributed by atoms with Crippen LogP contribution in [0.5, 0.6) is 5.75 Å². The van der Waals surface area contributed by atoms with Gasteiger partial charge in [0, 0.05) is 16.5 Å². The highest BCUT2D eigenvalue weighted by atomic mass is 79.9. The normalized spacial score (nSPS) is 10.7. The lowest BCUT2D eigenvalue weighted by Crippen LogP contribution is -2.09. The van der Waals surface area contributed by atoms with E-state index in [0.29, 0.717) is 15.8 Å². The summed E-state index contributed by atoms with van der Waals surface area (Å²) < 4.78 is 33.9. The molecule has 1 aromatic rings. The number of ether oxygens (including phenoxy) is 2. The first-order valence-corrected chi connectivity index (χ1v) is 6.06. The standard InChI is InChI=1S/C12H13BrF2O3/c1-17-8-2-3-9(10(13)6-8)11(16)4-5-18-7-12(14)15/h2-3,6,12H,4-5,7H2,1H3. The maximum absolute atomic E-state index is 11.8. The number of halogens is 3. The molecular formula is C12H13BrF2O3. The Labute approximate surface area is 112 Å². The first kappa shape index (κ1) is 15.0. The zero-order valence-electron chi connectivity index (χ0n) is 9.79. The molecule has 0 bridgehead atoms. The molecule has 6 heteroatoms. The van der Waals surface area contributed by atoms with Crippen molar-refractivity contribution in [1.29, 1.82) is 0 Å². The number of carbonyl (C=O) groups excluding carboxylic acids is 1. The van der Waals surface area contributed by atoms with E-state index in [2.05, 4.69) is 20.7 Å². The van der Waals surface area contributed by atoms with Crippen LogP contribution in [-0.4, -0.2) is 32.5 Å². The summed E-state index contributed by atoms with van der Waals surface area (Å²) >= 11 is 3.26. The Morgan fingerprint density at radius 3 is 2.72 bits per heavy atom. The fourth-order valence-electron chi connectivity index (χ4n) is 1.32. The van der Waals surface area contributed by atoms with E-state index in [0.717, 1.165) is 0 Å². The monoisotopic (exact) mass is 322 g/mol. The number of rotatable bonds is 7. The van der Waals surface area contributed by atoms with Crippen LogP contribution in [0.4, 0.5) is 8.78 Å². The first-order chi connectivity index (χ1) is 8.54. The molecule has 0 aliphatic heterocycles. The van der Waals surface area contributed by atoms with Crippen molar-refractivity contribution in [3.8, 4) is 5.75 Å². The van der Waals surface area contributed by atoms with Gasteiger partial charge < -0.3 is 9.47 Å². The van der Waals surface area contributed by atoms with Crippen LogP contribution >= 0.6 is 15.9 Å². The third kappa shape index (κ3) is 4.70. The molecule has 1 rings (SSSR count). The number of ketones is 1. The van der Waals surface area contributed by atoms with E-state index < -0.39 is 13.0 Å². The van der Waals surface area contributed by atoms with Gasteiger partial charge in [0.25, 0.3) is 6.43 Å². The predicted octanol–water partition coefficient (Wildman–Crippen LogP) is 3.31. The summed E-state index contributed by atoms with van der Waals surface area (Å²) in [5.41, 5.74) is 0.483. The number of carbonyl (C=O) groups is 1. The van der Waals surface area contributed by atoms with E-state index in [1.54, 1.807) is 18.2 Å². The molecule has 0 saturated heterocycles. The van der Waals surface area contributed by atoms with E-state index in [4.69, 9.17) is 4.74 Å². The minimum absolute atomic E-state index is 0.0123. The van der Waals surface area contributed by atoms with Crippen LogP contribution in [0.15, 0.2) is 22.7 Å². The maximum atomic E-state index is 11.8. The Morgan fingerprint density at radius 1 is 1.44 bits per heavy atom. The molecule has 0 unspecified atom stereocenters. The zero-order chi connectivity index (χ0) is 13.5.